The number of hydrogen-bond donors (Lipinski definition) is 3. The van der Waals surface area contributed by atoms with Crippen LogP contribution in [0.3, 0.4) is 0 Å². The van der Waals surface area contributed by atoms with Crippen LogP contribution in [-0.2, 0) is 26.7 Å². The normalized spacial score (nSPS) is 20.0. The fraction of sp³-hybridized carbons (Fsp3) is 0.545. The van der Waals surface area contributed by atoms with Crippen LogP contribution in [0.5, 0.6) is 0 Å². The second-order valence-electron chi connectivity index (χ2n) is 9.40. The summed E-state index contributed by atoms with van der Waals surface area (Å²) in [6, 6.07) is -0.687. The lowest BCUT2D eigenvalue weighted by Gasteiger charge is -2.51. The first-order valence-electron chi connectivity index (χ1n) is 12.0. The Kier molecular flexibility index (Phi) is 8.14. The average Bonchev–Trinajstić information content (AvgIpc) is 2.88. The summed E-state index contributed by atoms with van der Waals surface area (Å²) >= 11 is 4.51. The zero-order valence-corrected chi connectivity index (χ0v) is 22.4. The van der Waals surface area contributed by atoms with Crippen LogP contribution in [0.2, 0.25) is 0 Å². The molecule has 0 spiro atoms. The molecule has 2 amide bonds. The van der Waals surface area contributed by atoms with Crippen molar-refractivity contribution in [1.29, 1.82) is 0 Å². The van der Waals surface area contributed by atoms with Crippen LogP contribution < -0.4 is 20.7 Å². The molecule has 4 rings (SSSR count). The highest BCUT2D eigenvalue weighted by Gasteiger charge is 2.53. The van der Waals surface area contributed by atoms with Crippen LogP contribution in [-0.4, -0.2) is 87.7 Å². The molecule has 1 saturated heterocycles. The van der Waals surface area contributed by atoms with Crippen molar-refractivity contribution < 1.29 is 40.7 Å². The maximum absolute atomic E-state index is 13.2. The van der Waals surface area contributed by atoms with Crippen LogP contribution >= 0.6 is 12.6 Å². The van der Waals surface area contributed by atoms with Crippen LogP contribution in [0.1, 0.15) is 24.6 Å². The van der Waals surface area contributed by atoms with E-state index in [0.717, 1.165) is 11.1 Å². The van der Waals surface area contributed by atoms with Gasteiger partial charge in [0.05, 0.1) is 44.3 Å². The number of amides is 2. The number of carbonyl (C=O) groups is 2. The summed E-state index contributed by atoms with van der Waals surface area (Å²) in [5.74, 6) is -1.35. The lowest BCUT2D eigenvalue weighted by molar-refractivity contribution is -0.141. The highest BCUT2D eigenvalue weighted by atomic mass is 32.1. The van der Waals surface area contributed by atoms with Crippen LogP contribution in [0.25, 0.3) is 0 Å². The SMILES string of the molecule is C[C@@H](COCCC(=O)N1CCN2c3ncc(C(F)(F)F)nc3N(C)C(=O)[C@@]2(S)C1)Nc1cn[nH]c(=O)c1C(F)(F)F. The number of alkyl halides is 6. The Hall–Kier alpha value is -3.61. The number of rotatable bonds is 7. The molecule has 2 aliphatic heterocycles. The minimum absolute atomic E-state index is 0.0244. The van der Waals surface area contributed by atoms with Gasteiger partial charge in [-0.25, -0.2) is 15.1 Å². The molecule has 2 atom stereocenters. The molecular weight excluding hydrogens is 586 g/mol. The van der Waals surface area contributed by atoms with Crippen LogP contribution in [0.15, 0.2) is 17.2 Å². The number of ether oxygens (including phenoxy) is 1. The molecule has 1 fully saturated rings. The van der Waals surface area contributed by atoms with Crippen molar-refractivity contribution in [3.63, 3.8) is 0 Å². The highest BCUT2D eigenvalue weighted by Crippen LogP contribution is 2.42. The molecule has 4 heterocycles. The van der Waals surface area contributed by atoms with Crippen molar-refractivity contribution in [3.8, 4) is 0 Å². The zero-order valence-electron chi connectivity index (χ0n) is 21.5. The molecule has 0 radical (unpaired) electrons. The lowest BCUT2D eigenvalue weighted by atomic mass is 10.1. The summed E-state index contributed by atoms with van der Waals surface area (Å²) in [5, 5.41) is 7.63. The smallest absolute Gasteiger partial charge is 0.379 e. The number of hydrogen-bond acceptors (Lipinski definition) is 10. The predicted octanol–water partition coefficient (Wildman–Crippen LogP) is 1.76. The first-order valence-corrected chi connectivity index (χ1v) is 12.5. The van der Waals surface area contributed by atoms with Crippen molar-refractivity contribution in [2.45, 2.75) is 36.6 Å². The lowest BCUT2D eigenvalue weighted by Crippen LogP contribution is -2.69. The van der Waals surface area contributed by atoms with E-state index >= 15 is 0 Å². The van der Waals surface area contributed by atoms with Gasteiger partial charge in [-0.05, 0) is 6.92 Å². The molecule has 0 bridgehead atoms. The van der Waals surface area contributed by atoms with Gasteiger partial charge in [0.1, 0.15) is 5.56 Å². The third kappa shape index (κ3) is 6.04. The van der Waals surface area contributed by atoms with E-state index in [1.807, 2.05) is 0 Å². The standard InChI is InChI=1S/C22H24F6N8O4S/c1-11(31-12-7-30-33-18(38)15(12)22(26,27)28)9-40-6-3-14(37)35-4-5-36-16-17(32-13(8-29-16)21(23,24)25)34(2)19(39)20(36,41)10-35/h7-8,11,41H,3-6,9-10H2,1-2H3,(H2,31,33,38)/t11-,20-/m0/s1. The number of anilines is 3. The molecule has 2 aliphatic rings. The Bertz CT molecular complexity index is 1390. The van der Waals surface area contributed by atoms with Gasteiger partial charge in [-0.1, -0.05) is 0 Å². The van der Waals surface area contributed by atoms with Gasteiger partial charge in [0.15, 0.2) is 22.2 Å². The Morgan fingerprint density at radius 3 is 2.54 bits per heavy atom. The van der Waals surface area contributed by atoms with Gasteiger partial charge in [0, 0.05) is 26.2 Å². The molecule has 0 aliphatic carbocycles. The molecule has 0 aromatic carbocycles. The second kappa shape index (κ2) is 11.0. The number of carbonyl (C=O) groups excluding carboxylic acids is 2. The molecular formula is C22H24F6N8O4S. The summed E-state index contributed by atoms with van der Waals surface area (Å²) < 4.78 is 84.4. The van der Waals surface area contributed by atoms with E-state index in [1.165, 1.54) is 23.8 Å². The first kappa shape index (κ1) is 30.4. The fourth-order valence-electron chi connectivity index (χ4n) is 4.48. The van der Waals surface area contributed by atoms with Gasteiger partial charge in [-0.2, -0.15) is 31.4 Å². The minimum atomic E-state index is -4.91. The summed E-state index contributed by atoms with van der Waals surface area (Å²) in [7, 11) is 1.24. The van der Waals surface area contributed by atoms with Crippen LogP contribution in [0.4, 0.5) is 43.7 Å². The average molecular weight is 611 g/mol. The molecule has 41 heavy (non-hydrogen) atoms. The predicted molar refractivity (Wildman–Crippen MR) is 134 cm³/mol. The number of halogens is 6. The molecule has 0 unspecified atom stereocenters. The molecule has 2 N–H and O–H groups in total. The third-order valence-corrected chi connectivity index (χ3v) is 6.99. The Morgan fingerprint density at radius 1 is 1.17 bits per heavy atom. The summed E-state index contributed by atoms with van der Waals surface area (Å²) in [6.07, 6.45) is -8.40. The van der Waals surface area contributed by atoms with E-state index in [0.29, 0.717) is 6.20 Å². The van der Waals surface area contributed by atoms with Crippen molar-refractivity contribution >= 4 is 41.8 Å². The Labute approximate surface area is 233 Å². The number of piperazine rings is 1. The maximum Gasteiger partial charge on any atom is 0.434 e. The number of aromatic nitrogens is 4. The Balaban J connectivity index is 1.34. The fourth-order valence-corrected chi connectivity index (χ4v) is 4.99. The number of H-pyrrole nitrogens is 1. The summed E-state index contributed by atoms with van der Waals surface area (Å²) in [6.45, 7) is 1.24. The molecule has 224 valence electrons. The van der Waals surface area contributed by atoms with Gasteiger partial charge < -0.3 is 19.9 Å². The van der Waals surface area contributed by atoms with Crippen molar-refractivity contribution in [1.82, 2.24) is 25.1 Å². The third-order valence-electron chi connectivity index (χ3n) is 6.42. The van der Waals surface area contributed by atoms with E-state index in [4.69, 9.17) is 4.74 Å². The summed E-state index contributed by atoms with van der Waals surface area (Å²) in [5.41, 5.74) is -4.59. The number of thiol groups is 1. The number of likely N-dealkylation sites (N-methyl/N-ethyl adjacent to an activating group) is 1. The second-order valence-corrected chi connectivity index (χ2v) is 10.1. The van der Waals surface area contributed by atoms with Gasteiger partial charge >= 0.3 is 12.4 Å². The number of aromatic amines is 1. The Morgan fingerprint density at radius 2 is 1.88 bits per heavy atom. The molecule has 19 heteroatoms. The first-order chi connectivity index (χ1) is 19.0. The zero-order chi connectivity index (χ0) is 30.3. The van der Waals surface area contributed by atoms with E-state index in [2.05, 4.69) is 33.0 Å². The van der Waals surface area contributed by atoms with Crippen molar-refractivity contribution in [2.75, 3.05) is 55.0 Å². The van der Waals surface area contributed by atoms with Gasteiger partial charge in [-0.15, -0.1) is 12.6 Å². The van der Waals surface area contributed by atoms with E-state index in [9.17, 15) is 40.7 Å². The molecule has 12 nitrogen and oxygen atoms in total. The minimum Gasteiger partial charge on any atom is -0.379 e. The molecule has 0 saturated carbocycles. The van der Waals surface area contributed by atoms with Crippen molar-refractivity contribution in [2.24, 2.45) is 0 Å². The van der Waals surface area contributed by atoms with Crippen molar-refractivity contribution in [3.05, 3.63) is 34.0 Å². The maximum atomic E-state index is 13.2. The van der Waals surface area contributed by atoms with Gasteiger partial charge in [-0.3, -0.25) is 19.3 Å². The quantitative estimate of drug-likeness (QED) is 0.243. The monoisotopic (exact) mass is 610 g/mol. The van der Waals surface area contributed by atoms with E-state index in [1.54, 1.807) is 5.10 Å². The number of nitrogens with one attached hydrogen (secondary N) is 2. The largest absolute Gasteiger partial charge is 0.434 e. The number of nitrogens with zero attached hydrogens (tertiary/aromatic N) is 6. The van der Waals surface area contributed by atoms with E-state index in [-0.39, 0.29) is 50.9 Å². The summed E-state index contributed by atoms with van der Waals surface area (Å²) in [4.78, 5) is 47.1. The van der Waals surface area contributed by atoms with E-state index < -0.39 is 57.6 Å². The number of fused-ring (bicyclic) bond motifs is 3. The van der Waals surface area contributed by atoms with Gasteiger partial charge in [0.2, 0.25) is 5.91 Å². The molecule has 2 aromatic rings. The topological polar surface area (TPSA) is 137 Å². The highest BCUT2D eigenvalue weighted by molar-refractivity contribution is 7.83. The van der Waals surface area contributed by atoms with Crippen LogP contribution in [0, 0.1) is 0 Å². The van der Waals surface area contributed by atoms with Gasteiger partial charge in [0.25, 0.3) is 11.5 Å². The molecule has 2 aromatic heterocycles.